The Bertz CT molecular complexity index is 713. The molecule has 1 amide bonds. The van der Waals surface area contributed by atoms with Crippen LogP contribution in [0.4, 0.5) is 0 Å². The molecule has 0 N–H and O–H groups in total. The van der Waals surface area contributed by atoms with Crippen LogP contribution in [0.1, 0.15) is 30.6 Å². The smallest absolute Gasteiger partial charge is 0.338 e. The Kier molecular flexibility index (Phi) is 6.41. The van der Waals surface area contributed by atoms with E-state index in [-0.39, 0.29) is 23.5 Å². The van der Waals surface area contributed by atoms with Crippen molar-refractivity contribution in [3.05, 3.63) is 29.8 Å². The van der Waals surface area contributed by atoms with Gasteiger partial charge in [0.25, 0.3) is 5.91 Å². The third kappa shape index (κ3) is 5.19. The molecule has 1 aromatic carbocycles. The van der Waals surface area contributed by atoms with Gasteiger partial charge >= 0.3 is 5.97 Å². The molecule has 1 aliphatic rings. The molecule has 25 heavy (non-hydrogen) atoms. The number of likely N-dealkylation sites (N-methyl/N-ethyl adjacent to an activating group) is 1. The molecule has 1 aliphatic heterocycles. The summed E-state index contributed by atoms with van der Waals surface area (Å²) in [5, 5.41) is 0. The average Bonchev–Trinajstić information content (AvgIpc) is 2.94. The zero-order valence-corrected chi connectivity index (χ0v) is 15.3. The lowest BCUT2D eigenvalue weighted by Crippen LogP contribution is -2.43. The van der Waals surface area contributed by atoms with Crippen LogP contribution in [0.3, 0.4) is 0 Å². The molecule has 1 saturated heterocycles. The second-order valence-electron chi connectivity index (χ2n) is 5.77. The molecule has 1 unspecified atom stereocenters. The summed E-state index contributed by atoms with van der Waals surface area (Å²) in [6.07, 6.45) is 0.425. The van der Waals surface area contributed by atoms with Crippen LogP contribution in [-0.4, -0.2) is 62.5 Å². The minimum Gasteiger partial charge on any atom is -0.494 e. The quantitative estimate of drug-likeness (QED) is 0.673. The Balaban J connectivity index is 1.90. The second-order valence-corrected chi connectivity index (χ2v) is 8.00. The van der Waals surface area contributed by atoms with Crippen molar-refractivity contribution in [1.29, 1.82) is 0 Å². The summed E-state index contributed by atoms with van der Waals surface area (Å²) >= 11 is 0. The highest BCUT2D eigenvalue weighted by Gasteiger charge is 2.34. The van der Waals surface area contributed by atoms with Crippen molar-refractivity contribution in [1.82, 2.24) is 4.90 Å². The predicted molar refractivity (Wildman–Crippen MR) is 92.3 cm³/mol. The van der Waals surface area contributed by atoms with Crippen LogP contribution in [-0.2, 0) is 19.4 Å². The topological polar surface area (TPSA) is 90.0 Å². The molecule has 0 aliphatic carbocycles. The van der Waals surface area contributed by atoms with Gasteiger partial charge in [0.15, 0.2) is 16.4 Å². The maximum Gasteiger partial charge on any atom is 0.338 e. The molecule has 7 nitrogen and oxygen atoms in total. The Morgan fingerprint density at radius 3 is 2.40 bits per heavy atom. The SMILES string of the molecule is CCOc1ccc(C(=O)OCC(=O)N(CC)C2CCS(=O)(=O)C2)cc1. The van der Waals surface area contributed by atoms with Gasteiger partial charge in [-0.25, -0.2) is 13.2 Å². The lowest BCUT2D eigenvalue weighted by molar-refractivity contribution is -0.136. The van der Waals surface area contributed by atoms with Gasteiger partial charge in [0, 0.05) is 12.6 Å². The normalized spacial score (nSPS) is 18.6. The molecule has 1 aromatic rings. The molecule has 1 fully saturated rings. The molecule has 2 rings (SSSR count). The zero-order valence-electron chi connectivity index (χ0n) is 14.4. The molecule has 0 bridgehead atoms. The first-order chi connectivity index (χ1) is 11.9. The van der Waals surface area contributed by atoms with Crippen molar-refractivity contribution in [2.45, 2.75) is 26.3 Å². The van der Waals surface area contributed by atoms with Crippen molar-refractivity contribution in [3.63, 3.8) is 0 Å². The lowest BCUT2D eigenvalue weighted by Gasteiger charge is -2.26. The van der Waals surface area contributed by atoms with E-state index in [2.05, 4.69) is 0 Å². The third-order valence-electron chi connectivity index (χ3n) is 4.04. The van der Waals surface area contributed by atoms with Gasteiger partial charge < -0.3 is 14.4 Å². The predicted octanol–water partition coefficient (Wildman–Crippen LogP) is 1.28. The standard InChI is InChI=1S/C17H23NO6S/c1-3-18(14-9-10-25(21,22)12-14)16(19)11-24-17(20)13-5-7-15(8-6-13)23-4-2/h5-8,14H,3-4,9-12H2,1-2H3. The summed E-state index contributed by atoms with van der Waals surface area (Å²) in [7, 11) is -3.08. The van der Waals surface area contributed by atoms with E-state index in [1.807, 2.05) is 6.92 Å². The molecular formula is C17H23NO6S. The average molecular weight is 369 g/mol. The molecule has 138 valence electrons. The highest BCUT2D eigenvalue weighted by molar-refractivity contribution is 7.91. The van der Waals surface area contributed by atoms with Gasteiger partial charge in [-0.2, -0.15) is 0 Å². The number of esters is 1. The number of hydrogen-bond acceptors (Lipinski definition) is 6. The second kappa shape index (κ2) is 8.33. The largest absolute Gasteiger partial charge is 0.494 e. The van der Waals surface area contributed by atoms with Crippen molar-refractivity contribution in [2.24, 2.45) is 0 Å². The monoisotopic (exact) mass is 369 g/mol. The van der Waals surface area contributed by atoms with E-state index < -0.39 is 22.4 Å². The molecule has 0 spiro atoms. The minimum atomic E-state index is -3.08. The summed E-state index contributed by atoms with van der Waals surface area (Å²) in [5.41, 5.74) is 0.322. The number of amides is 1. The first-order valence-electron chi connectivity index (χ1n) is 8.26. The van der Waals surface area contributed by atoms with E-state index in [9.17, 15) is 18.0 Å². The first kappa shape index (κ1) is 19.2. The summed E-state index contributed by atoms with van der Waals surface area (Å²) in [4.78, 5) is 25.8. The number of benzene rings is 1. The fourth-order valence-electron chi connectivity index (χ4n) is 2.81. The maximum atomic E-state index is 12.3. The molecule has 0 aromatic heterocycles. The highest BCUT2D eigenvalue weighted by Crippen LogP contribution is 2.18. The number of sulfone groups is 1. The number of ether oxygens (including phenoxy) is 2. The van der Waals surface area contributed by atoms with Gasteiger partial charge in [0.1, 0.15) is 5.75 Å². The maximum absolute atomic E-state index is 12.3. The number of hydrogen-bond donors (Lipinski definition) is 0. The van der Waals surface area contributed by atoms with Crippen molar-refractivity contribution in [2.75, 3.05) is 31.3 Å². The van der Waals surface area contributed by atoms with Crippen LogP contribution in [0.2, 0.25) is 0 Å². The van der Waals surface area contributed by atoms with E-state index in [4.69, 9.17) is 9.47 Å². The Morgan fingerprint density at radius 2 is 1.88 bits per heavy atom. The Hall–Kier alpha value is -2.09. The van der Waals surface area contributed by atoms with Gasteiger partial charge in [0.05, 0.1) is 23.7 Å². The van der Waals surface area contributed by atoms with Crippen LogP contribution in [0.25, 0.3) is 0 Å². The fourth-order valence-corrected chi connectivity index (χ4v) is 4.54. The van der Waals surface area contributed by atoms with E-state index in [1.54, 1.807) is 31.2 Å². The van der Waals surface area contributed by atoms with Crippen LogP contribution in [0, 0.1) is 0 Å². The molecule has 0 radical (unpaired) electrons. The highest BCUT2D eigenvalue weighted by atomic mass is 32.2. The van der Waals surface area contributed by atoms with E-state index >= 15 is 0 Å². The number of rotatable bonds is 7. The third-order valence-corrected chi connectivity index (χ3v) is 5.79. The van der Waals surface area contributed by atoms with Crippen molar-refractivity contribution >= 4 is 21.7 Å². The number of carbonyl (C=O) groups is 2. The van der Waals surface area contributed by atoms with Crippen molar-refractivity contribution < 1.29 is 27.5 Å². The van der Waals surface area contributed by atoms with E-state index in [0.717, 1.165) is 0 Å². The van der Waals surface area contributed by atoms with Crippen LogP contribution in [0.5, 0.6) is 5.75 Å². The summed E-state index contributed by atoms with van der Waals surface area (Å²) < 4.78 is 33.5. The first-order valence-corrected chi connectivity index (χ1v) is 10.1. The molecule has 1 atom stereocenters. The molecular weight excluding hydrogens is 346 g/mol. The number of nitrogens with zero attached hydrogens (tertiary/aromatic N) is 1. The van der Waals surface area contributed by atoms with Crippen LogP contribution in [0.15, 0.2) is 24.3 Å². The Morgan fingerprint density at radius 1 is 1.20 bits per heavy atom. The van der Waals surface area contributed by atoms with Gasteiger partial charge in [-0.05, 0) is 44.5 Å². The zero-order chi connectivity index (χ0) is 18.4. The van der Waals surface area contributed by atoms with E-state index in [0.29, 0.717) is 30.9 Å². The fraction of sp³-hybridized carbons (Fsp3) is 0.529. The minimum absolute atomic E-state index is 0.0284. The van der Waals surface area contributed by atoms with Gasteiger partial charge in [-0.15, -0.1) is 0 Å². The van der Waals surface area contributed by atoms with Crippen LogP contribution >= 0.6 is 0 Å². The Labute approximate surface area is 147 Å². The van der Waals surface area contributed by atoms with Crippen LogP contribution < -0.4 is 4.74 Å². The van der Waals surface area contributed by atoms with Crippen molar-refractivity contribution in [3.8, 4) is 5.75 Å². The molecule has 0 saturated carbocycles. The van der Waals surface area contributed by atoms with Gasteiger partial charge in [-0.1, -0.05) is 0 Å². The molecule has 8 heteroatoms. The van der Waals surface area contributed by atoms with Gasteiger partial charge in [-0.3, -0.25) is 4.79 Å². The van der Waals surface area contributed by atoms with E-state index in [1.165, 1.54) is 4.90 Å². The summed E-state index contributed by atoms with van der Waals surface area (Å²) in [5.74, 6) is -0.280. The summed E-state index contributed by atoms with van der Waals surface area (Å²) in [6.45, 7) is 4.14. The summed E-state index contributed by atoms with van der Waals surface area (Å²) in [6, 6.07) is 6.11. The van der Waals surface area contributed by atoms with Gasteiger partial charge in [0.2, 0.25) is 0 Å². The lowest BCUT2D eigenvalue weighted by atomic mass is 10.2. The molecule has 1 heterocycles. The number of carbonyl (C=O) groups excluding carboxylic acids is 2.